The molecule has 3 nitrogen and oxygen atoms in total. The van der Waals surface area contributed by atoms with Crippen LogP contribution in [0.2, 0.25) is 0 Å². The van der Waals surface area contributed by atoms with Crippen LogP contribution in [-0.2, 0) is 4.79 Å². The van der Waals surface area contributed by atoms with Crippen LogP contribution in [0, 0.1) is 0 Å². The average Bonchev–Trinajstić information content (AvgIpc) is 2.02. The Balaban J connectivity index is 0. The van der Waals surface area contributed by atoms with E-state index in [1.54, 1.807) is 0 Å². The van der Waals surface area contributed by atoms with Gasteiger partial charge in [-0.2, -0.15) is 5.43 Å². The highest BCUT2D eigenvalue weighted by molar-refractivity contribution is 6.27. The van der Waals surface area contributed by atoms with E-state index in [4.69, 9.17) is 23.2 Å². The molecule has 0 rings (SSSR count). The Morgan fingerprint density at radius 2 is 1.93 bits per heavy atom. The van der Waals surface area contributed by atoms with E-state index >= 15 is 0 Å². The molecule has 0 aliphatic carbocycles. The van der Waals surface area contributed by atoms with Crippen molar-refractivity contribution < 1.29 is 9.39 Å². The van der Waals surface area contributed by atoms with E-state index in [-0.39, 0.29) is 11.3 Å². The van der Waals surface area contributed by atoms with Gasteiger partial charge >= 0.3 is 0 Å². The van der Waals surface area contributed by atoms with Gasteiger partial charge in [0.05, 0.1) is 21.1 Å². The summed E-state index contributed by atoms with van der Waals surface area (Å²) in [6, 6.07) is 0. The second-order valence-electron chi connectivity index (χ2n) is 3.63. The van der Waals surface area contributed by atoms with Gasteiger partial charge in [-0.05, 0) is 6.92 Å². The molecule has 0 aromatic rings. The Hall–Kier alpha value is -0.250. The molecule has 0 aromatic heterocycles. The molecule has 0 bridgehead atoms. The molecule has 0 fully saturated rings. The van der Waals surface area contributed by atoms with E-state index in [1.807, 2.05) is 28.1 Å². The van der Waals surface area contributed by atoms with Crippen LogP contribution in [0.25, 0.3) is 0 Å². The highest BCUT2D eigenvalue weighted by Crippen LogP contribution is 1.93. The summed E-state index contributed by atoms with van der Waals surface area (Å²) in [5.74, 6) is 0.393. The van der Waals surface area contributed by atoms with Gasteiger partial charge in [0.2, 0.25) is 0 Å². The number of hydrogen-bond acceptors (Lipinski definition) is 1. The molecule has 1 N–H and O–H groups in total. The zero-order chi connectivity index (χ0) is 11.8. The molecule has 0 spiro atoms. The fourth-order valence-electron chi connectivity index (χ4n) is 0.376. The Morgan fingerprint density at radius 3 is 2.00 bits per heavy atom. The molecular formula is C9H19Cl2N2O+. The fraction of sp³-hybridized carbons (Fsp3) is 0.667. The second kappa shape index (κ2) is 8.09. The van der Waals surface area contributed by atoms with Crippen molar-refractivity contribution in [2.24, 2.45) is 0 Å². The number of nitrogens with one attached hydrogen (secondary N) is 1. The molecule has 5 heteroatoms. The van der Waals surface area contributed by atoms with Gasteiger partial charge in [0.1, 0.15) is 0 Å². The summed E-state index contributed by atoms with van der Waals surface area (Å²) < 4.78 is 0.421. The van der Waals surface area contributed by atoms with Crippen molar-refractivity contribution in [2.75, 3.05) is 27.0 Å². The van der Waals surface area contributed by atoms with Crippen LogP contribution in [0.5, 0.6) is 0 Å². The number of amides is 1. The molecule has 14 heavy (non-hydrogen) atoms. The van der Waals surface area contributed by atoms with Crippen molar-refractivity contribution >= 4 is 29.1 Å². The first-order valence-corrected chi connectivity index (χ1v) is 5.16. The predicted octanol–water partition coefficient (Wildman–Crippen LogP) is 1.76. The van der Waals surface area contributed by atoms with Gasteiger partial charge in [-0.15, -0.1) is 23.2 Å². The zero-order valence-electron chi connectivity index (χ0n) is 9.18. The lowest BCUT2D eigenvalue weighted by Crippen LogP contribution is -2.50. The van der Waals surface area contributed by atoms with E-state index in [0.717, 1.165) is 0 Å². The molecule has 0 saturated heterocycles. The van der Waals surface area contributed by atoms with Crippen LogP contribution in [0.1, 0.15) is 6.92 Å². The number of carbonyl (C=O) groups is 1. The van der Waals surface area contributed by atoms with Crippen LogP contribution in [0.15, 0.2) is 12.7 Å². The van der Waals surface area contributed by atoms with Gasteiger partial charge < -0.3 is 0 Å². The number of quaternary nitrogens is 1. The van der Waals surface area contributed by atoms with Gasteiger partial charge in [-0.1, -0.05) is 6.58 Å². The third-order valence-electron chi connectivity index (χ3n) is 0.844. The third-order valence-corrected chi connectivity index (χ3v) is 1.62. The number of halogens is 2. The first-order valence-electron chi connectivity index (χ1n) is 4.19. The van der Waals surface area contributed by atoms with Crippen molar-refractivity contribution in [1.29, 1.82) is 0 Å². The average molecular weight is 242 g/mol. The van der Waals surface area contributed by atoms with Gasteiger partial charge in [0.15, 0.2) is 0 Å². The predicted molar refractivity (Wildman–Crippen MR) is 62.4 cm³/mol. The summed E-state index contributed by atoms with van der Waals surface area (Å²) in [4.78, 5) is 10.6. The smallest absolute Gasteiger partial charge is 0.265 e. The van der Waals surface area contributed by atoms with Crippen LogP contribution < -0.4 is 5.43 Å². The van der Waals surface area contributed by atoms with Crippen molar-refractivity contribution in [3.63, 3.8) is 0 Å². The van der Waals surface area contributed by atoms with E-state index in [0.29, 0.717) is 10.5 Å². The minimum Gasteiger partial charge on any atom is -0.265 e. The van der Waals surface area contributed by atoms with Crippen molar-refractivity contribution in [3.05, 3.63) is 12.7 Å². The van der Waals surface area contributed by atoms with E-state index < -0.39 is 0 Å². The summed E-state index contributed by atoms with van der Waals surface area (Å²) in [7, 11) is 5.59. The summed E-state index contributed by atoms with van der Waals surface area (Å²) in [6.45, 7) is 5.18. The summed E-state index contributed by atoms with van der Waals surface area (Å²) in [5.41, 5.74) is 2.65. The first-order chi connectivity index (χ1) is 6.22. The topological polar surface area (TPSA) is 29.1 Å². The Labute approximate surface area is 96.2 Å². The molecule has 84 valence electrons. The Kier molecular flexibility index (Phi) is 9.36. The molecule has 1 unspecified atom stereocenters. The van der Waals surface area contributed by atoms with Crippen molar-refractivity contribution in [1.82, 2.24) is 5.43 Å². The molecule has 0 aliphatic rings. The molecule has 1 atom stereocenters. The van der Waals surface area contributed by atoms with Crippen LogP contribution in [0.4, 0.5) is 0 Å². The fourth-order valence-corrected chi connectivity index (χ4v) is 0.376. The maximum Gasteiger partial charge on any atom is 0.288 e. The summed E-state index contributed by atoms with van der Waals surface area (Å²) in [6.07, 6.45) is 1.25. The Bertz CT molecular complexity index is 176. The summed E-state index contributed by atoms with van der Waals surface area (Å²) in [5, 5.41) is 0.122. The third kappa shape index (κ3) is 17.7. The van der Waals surface area contributed by atoms with Gasteiger partial charge in [-0.3, -0.25) is 4.79 Å². The van der Waals surface area contributed by atoms with E-state index in [9.17, 15) is 4.79 Å². The van der Waals surface area contributed by atoms with Crippen molar-refractivity contribution in [3.8, 4) is 0 Å². The molecule has 0 aromatic carbocycles. The number of rotatable bonds is 3. The largest absolute Gasteiger partial charge is 0.288 e. The highest BCUT2D eigenvalue weighted by atomic mass is 35.5. The van der Waals surface area contributed by atoms with Crippen molar-refractivity contribution in [2.45, 2.75) is 12.3 Å². The zero-order valence-corrected chi connectivity index (χ0v) is 10.7. The van der Waals surface area contributed by atoms with Gasteiger partial charge in [0, 0.05) is 17.3 Å². The molecule has 0 saturated carbocycles. The number of nitrogens with zero attached hydrogens (tertiary/aromatic N) is 1. The van der Waals surface area contributed by atoms with Gasteiger partial charge in [0.25, 0.3) is 5.91 Å². The number of alkyl halides is 2. The SMILES string of the molecule is C=CC(=O)N[N+](C)(C)C.CC(Cl)CCl. The first kappa shape index (κ1) is 16.2. The van der Waals surface area contributed by atoms with Gasteiger partial charge in [-0.25, -0.2) is 4.59 Å². The normalized spacial score (nSPS) is 12.1. The maximum absolute atomic E-state index is 10.6. The molecule has 0 radical (unpaired) electrons. The lowest BCUT2D eigenvalue weighted by atomic mass is 10.6. The molecular weight excluding hydrogens is 223 g/mol. The van der Waals surface area contributed by atoms with E-state index in [1.165, 1.54) is 6.08 Å². The summed E-state index contributed by atoms with van der Waals surface area (Å²) >= 11 is 10.5. The molecule has 0 heterocycles. The van der Waals surface area contributed by atoms with Crippen LogP contribution in [0.3, 0.4) is 0 Å². The number of carbonyl (C=O) groups excluding carboxylic acids is 1. The van der Waals surface area contributed by atoms with E-state index in [2.05, 4.69) is 12.0 Å². The Morgan fingerprint density at radius 1 is 1.57 bits per heavy atom. The number of hydrogen-bond donors (Lipinski definition) is 1. The highest BCUT2D eigenvalue weighted by Gasteiger charge is 2.07. The minimum absolute atomic E-state index is 0.122. The monoisotopic (exact) mass is 241 g/mol. The second-order valence-corrected chi connectivity index (χ2v) is 4.68. The quantitative estimate of drug-likeness (QED) is 0.347. The maximum atomic E-state index is 10.6. The van der Waals surface area contributed by atoms with Crippen LogP contribution >= 0.6 is 23.2 Å². The lowest BCUT2D eigenvalue weighted by Gasteiger charge is -2.22. The molecule has 1 amide bonds. The minimum atomic E-state index is -0.150. The standard InChI is InChI=1S/C6H12N2O.C3H6Cl2/c1-5-6(9)7-8(2,3)4;1-3(5)2-4/h5H,1H2,2-4H3;3H,2H2,1H3/p+1. The van der Waals surface area contributed by atoms with Crippen LogP contribution in [-0.4, -0.2) is 42.9 Å². The lowest BCUT2D eigenvalue weighted by molar-refractivity contribution is -0.905. The molecule has 0 aliphatic heterocycles.